The Labute approximate surface area is 149 Å². The minimum Gasteiger partial charge on any atom is -0.379 e. The normalized spacial score (nSPS) is 14.9. The van der Waals surface area contributed by atoms with Gasteiger partial charge < -0.3 is 10.1 Å². The number of ether oxygens (including phenoxy) is 1. The van der Waals surface area contributed by atoms with E-state index in [0.717, 1.165) is 44.1 Å². The summed E-state index contributed by atoms with van der Waals surface area (Å²) in [6.07, 6.45) is 0. The van der Waals surface area contributed by atoms with Crippen molar-refractivity contribution >= 4 is 11.7 Å². The highest BCUT2D eigenvalue weighted by Crippen LogP contribution is 2.17. The van der Waals surface area contributed by atoms with Crippen LogP contribution in [-0.2, 0) is 11.3 Å². The molecule has 5 heteroatoms. The van der Waals surface area contributed by atoms with Crippen molar-refractivity contribution in [3.8, 4) is 0 Å². The molecule has 0 aromatic heterocycles. The first-order valence-corrected chi connectivity index (χ1v) is 8.77. The molecule has 0 saturated carbocycles. The van der Waals surface area contributed by atoms with Crippen molar-refractivity contribution in [2.75, 3.05) is 44.3 Å². The number of hydrogen-bond donors (Lipinski definition) is 1. The molecule has 1 fully saturated rings. The molecule has 0 bridgehead atoms. The van der Waals surface area contributed by atoms with E-state index in [1.807, 2.05) is 60.7 Å². The van der Waals surface area contributed by atoms with Gasteiger partial charge in [-0.05, 0) is 17.7 Å². The number of para-hydroxylation sites is 1. The second-order valence-electron chi connectivity index (χ2n) is 6.09. The maximum absolute atomic E-state index is 12.8. The smallest absolute Gasteiger partial charge is 0.322 e. The molecule has 0 radical (unpaired) electrons. The Morgan fingerprint density at radius 2 is 1.64 bits per heavy atom. The average molecular weight is 339 g/mol. The zero-order valence-electron chi connectivity index (χ0n) is 14.4. The quantitative estimate of drug-likeness (QED) is 0.880. The van der Waals surface area contributed by atoms with Crippen LogP contribution in [0.1, 0.15) is 5.56 Å². The van der Waals surface area contributed by atoms with Gasteiger partial charge in [0.15, 0.2) is 0 Å². The molecule has 5 nitrogen and oxygen atoms in total. The van der Waals surface area contributed by atoms with Crippen LogP contribution >= 0.6 is 0 Å². The van der Waals surface area contributed by atoms with Gasteiger partial charge in [0.05, 0.1) is 19.8 Å². The predicted octanol–water partition coefficient (Wildman–Crippen LogP) is 2.74. The molecular weight excluding hydrogens is 314 g/mol. The zero-order valence-corrected chi connectivity index (χ0v) is 14.4. The molecule has 0 aliphatic carbocycles. The van der Waals surface area contributed by atoms with E-state index in [2.05, 4.69) is 10.2 Å². The first-order valence-electron chi connectivity index (χ1n) is 8.77. The fourth-order valence-electron chi connectivity index (χ4n) is 2.90. The number of benzene rings is 2. The molecular formula is C20H25N3O2. The van der Waals surface area contributed by atoms with Crippen LogP contribution < -0.4 is 10.2 Å². The third-order valence-corrected chi connectivity index (χ3v) is 4.30. The highest BCUT2D eigenvalue weighted by molar-refractivity contribution is 5.91. The predicted molar refractivity (Wildman–Crippen MR) is 99.7 cm³/mol. The summed E-state index contributed by atoms with van der Waals surface area (Å²) in [7, 11) is 0. The summed E-state index contributed by atoms with van der Waals surface area (Å²) in [5, 5.41) is 3.05. The van der Waals surface area contributed by atoms with E-state index in [0.29, 0.717) is 13.1 Å². The average Bonchev–Trinajstić information content (AvgIpc) is 2.68. The van der Waals surface area contributed by atoms with Gasteiger partial charge in [-0.1, -0.05) is 48.5 Å². The monoisotopic (exact) mass is 339 g/mol. The van der Waals surface area contributed by atoms with Gasteiger partial charge in [-0.2, -0.15) is 0 Å². The van der Waals surface area contributed by atoms with Crippen molar-refractivity contribution in [2.24, 2.45) is 0 Å². The number of carbonyl (C=O) groups excluding carboxylic acids is 1. The Morgan fingerprint density at radius 3 is 2.32 bits per heavy atom. The van der Waals surface area contributed by atoms with Crippen LogP contribution in [-0.4, -0.2) is 50.3 Å². The van der Waals surface area contributed by atoms with E-state index < -0.39 is 0 Å². The van der Waals surface area contributed by atoms with Gasteiger partial charge in [-0.15, -0.1) is 0 Å². The molecule has 1 heterocycles. The Bertz CT molecular complexity index is 643. The van der Waals surface area contributed by atoms with Gasteiger partial charge in [-0.3, -0.25) is 9.80 Å². The summed E-state index contributed by atoms with van der Waals surface area (Å²) in [6, 6.07) is 19.8. The van der Waals surface area contributed by atoms with Crippen molar-refractivity contribution in [1.29, 1.82) is 0 Å². The molecule has 132 valence electrons. The third-order valence-electron chi connectivity index (χ3n) is 4.30. The number of rotatable bonds is 6. The number of morpholine rings is 1. The first kappa shape index (κ1) is 17.5. The summed E-state index contributed by atoms with van der Waals surface area (Å²) >= 11 is 0. The van der Waals surface area contributed by atoms with E-state index in [4.69, 9.17) is 4.74 Å². The number of hydrogen-bond acceptors (Lipinski definition) is 3. The minimum atomic E-state index is -0.0664. The third kappa shape index (κ3) is 5.31. The van der Waals surface area contributed by atoms with Gasteiger partial charge in [0.2, 0.25) is 0 Å². The maximum atomic E-state index is 12.8. The molecule has 25 heavy (non-hydrogen) atoms. The Hall–Kier alpha value is -2.37. The molecule has 2 aromatic carbocycles. The van der Waals surface area contributed by atoms with Crippen molar-refractivity contribution in [3.63, 3.8) is 0 Å². The lowest BCUT2D eigenvalue weighted by molar-refractivity contribution is 0.0387. The molecule has 1 aliphatic heterocycles. The number of urea groups is 1. The number of carbonyl (C=O) groups is 1. The highest BCUT2D eigenvalue weighted by Gasteiger charge is 2.16. The molecule has 1 aliphatic rings. The molecule has 2 amide bonds. The number of nitrogens with zero attached hydrogens (tertiary/aromatic N) is 2. The Morgan fingerprint density at radius 1 is 1.00 bits per heavy atom. The second-order valence-corrected chi connectivity index (χ2v) is 6.09. The summed E-state index contributed by atoms with van der Waals surface area (Å²) in [5.74, 6) is 0. The summed E-state index contributed by atoms with van der Waals surface area (Å²) in [4.78, 5) is 16.9. The number of nitrogens with one attached hydrogen (secondary N) is 1. The SMILES string of the molecule is O=C(NCCN1CCOCC1)N(Cc1ccccc1)c1ccccc1. The molecule has 1 saturated heterocycles. The van der Waals surface area contributed by atoms with Crippen molar-refractivity contribution < 1.29 is 9.53 Å². The largest absolute Gasteiger partial charge is 0.379 e. The summed E-state index contributed by atoms with van der Waals surface area (Å²) in [6.45, 7) is 5.45. The molecule has 0 unspecified atom stereocenters. The summed E-state index contributed by atoms with van der Waals surface area (Å²) in [5.41, 5.74) is 2.00. The van der Waals surface area contributed by atoms with Crippen molar-refractivity contribution in [1.82, 2.24) is 10.2 Å². The second kappa shape index (κ2) is 9.20. The topological polar surface area (TPSA) is 44.8 Å². The van der Waals surface area contributed by atoms with E-state index in [1.54, 1.807) is 4.90 Å². The van der Waals surface area contributed by atoms with Crippen LogP contribution in [0.3, 0.4) is 0 Å². The number of amides is 2. The van der Waals surface area contributed by atoms with Gasteiger partial charge >= 0.3 is 6.03 Å². The minimum absolute atomic E-state index is 0.0664. The maximum Gasteiger partial charge on any atom is 0.322 e. The molecule has 0 spiro atoms. The lowest BCUT2D eigenvalue weighted by Crippen LogP contribution is -2.45. The van der Waals surface area contributed by atoms with Crippen molar-refractivity contribution in [3.05, 3.63) is 66.2 Å². The van der Waals surface area contributed by atoms with Crippen LogP contribution in [0.5, 0.6) is 0 Å². The van der Waals surface area contributed by atoms with E-state index >= 15 is 0 Å². The lowest BCUT2D eigenvalue weighted by Gasteiger charge is -2.28. The van der Waals surface area contributed by atoms with Gasteiger partial charge in [-0.25, -0.2) is 4.79 Å². The van der Waals surface area contributed by atoms with Gasteiger partial charge in [0.1, 0.15) is 0 Å². The fraction of sp³-hybridized carbons (Fsp3) is 0.350. The highest BCUT2D eigenvalue weighted by atomic mass is 16.5. The van der Waals surface area contributed by atoms with E-state index in [9.17, 15) is 4.79 Å². The van der Waals surface area contributed by atoms with Crippen molar-refractivity contribution in [2.45, 2.75) is 6.54 Å². The Kier molecular flexibility index (Phi) is 6.42. The van der Waals surface area contributed by atoms with Crippen LogP contribution in [0, 0.1) is 0 Å². The zero-order chi connectivity index (χ0) is 17.3. The standard InChI is InChI=1S/C20H25N3O2/c24-20(21-11-12-22-13-15-25-16-14-22)23(19-9-5-2-6-10-19)17-18-7-3-1-4-8-18/h1-10H,11-17H2,(H,21,24). The van der Waals surface area contributed by atoms with Crippen LogP contribution in [0.15, 0.2) is 60.7 Å². The van der Waals surface area contributed by atoms with E-state index in [-0.39, 0.29) is 6.03 Å². The van der Waals surface area contributed by atoms with Crippen LogP contribution in [0.2, 0.25) is 0 Å². The van der Waals surface area contributed by atoms with Gasteiger partial charge in [0.25, 0.3) is 0 Å². The van der Waals surface area contributed by atoms with Crippen LogP contribution in [0.4, 0.5) is 10.5 Å². The molecule has 0 atom stereocenters. The van der Waals surface area contributed by atoms with E-state index in [1.165, 1.54) is 0 Å². The van der Waals surface area contributed by atoms with Crippen LogP contribution in [0.25, 0.3) is 0 Å². The molecule has 1 N–H and O–H groups in total. The first-order chi connectivity index (χ1) is 12.3. The molecule has 3 rings (SSSR count). The molecule has 2 aromatic rings. The summed E-state index contributed by atoms with van der Waals surface area (Å²) < 4.78 is 5.35. The Balaban J connectivity index is 1.60. The number of anilines is 1. The van der Waals surface area contributed by atoms with Gasteiger partial charge in [0, 0.05) is 31.9 Å². The fourth-order valence-corrected chi connectivity index (χ4v) is 2.90. The lowest BCUT2D eigenvalue weighted by atomic mass is 10.2.